The predicted molar refractivity (Wildman–Crippen MR) is 80.9 cm³/mol. The molecule has 1 aliphatic heterocycles. The van der Waals surface area contributed by atoms with E-state index in [9.17, 15) is 0 Å². The van der Waals surface area contributed by atoms with Gasteiger partial charge in [-0.3, -0.25) is 0 Å². The van der Waals surface area contributed by atoms with Crippen LogP contribution in [0.3, 0.4) is 0 Å². The molecule has 1 N–H and O–H groups in total. The number of nitrogens with one attached hydrogen (secondary N) is 1. The zero-order valence-electron chi connectivity index (χ0n) is 12.5. The highest BCUT2D eigenvalue weighted by atomic mass is 16.5. The molecule has 0 atom stereocenters. The Labute approximate surface area is 116 Å². The molecule has 1 aromatic rings. The molecule has 0 fully saturated rings. The van der Waals surface area contributed by atoms with Crippen LogP contribution in [-0.2, 0) is 5.41 Å². The molecule has 104 valence electrons. The molecule has 19 heavy (non-hydrogen) atoms. The van der Waals surface area contributed by atoms with Gasteiger partial charge in [0, 0.05) is 6.54 Å². The van der Waals surface area contributed by atoms with Crippen molar-refractivity contribution in [3.8, 4) is 5.75 Å². The highest BCUT2D eigenvalue weighted by Crippen LogP contribution is 2.32. The van der Waals surface area contributed by atoms with Gasteiger partial charge in [0.25, 0.3) is 0 Å². The van der Waals surface area contributed by atoms with E-state index in [2.05, 4.69) is 57.3 Å². The van der Waals surface area contributed by atoms with Crippen molar-refractivity contribution >= 4 is 0 Å². The van der Waals surface area contributed by atoms with E-state index in [1.54, 1.807) is 0 Å². The van der Waals surface area contributed by atoms with Gasteiger partial charge in [0.2, 0.25) is 0 Å². The maximum absolute atomic E-state index is 6.06. The summed E-state index contributed by atoms with van der Waals surface area (Å²) in [4.78, 5) is 0. The monoisotopic (exact) mass is 259 g/mol. The first-order chi connectivity index (χ1) is 8.97. The summed E-state index contributed by atoms with van der Waals surface area (Å²) in [5.74, 6) is 1.03. The SMILES string of the molecule is Cc1ccc(OCC2=CCNCC2)c(C(C)(C)C)c1. The van der Waals surface area contributed by atoms with Crippen molar-refractivity contribution in [1.29, 1.82) is 0 Å². The fourth-order valence-corrected chi connectivity index (χ4v) is 2.33. The van der Waals surface area contributed by atoms with Crippen LogP contribution in [0.25, 0.3) is 0 Å². The minimum atomic E-state index is 0.115. The van der Waals surface area contributed by atoms with Crippen LogP contribution in [0, 0.1) is 6.92 Å². The van der Waals surface area contributed by atoms with Crippen molar-refractivity contribution in [1.82, 2.24) is 5.32 Å². The van der Waals surface area contributed by atoms with Crippen LogP contribution in [-0.4, -0.2) is 19.7 Å². The first-order valence-electron chi connectivity index (χ1n) is 7.09. The van der Waals surface area contributed by atoms with Gasteiger partial charge >= 0.3 is 0 Å². The third-order valence-corrected chi connectivity index (χ3v) is 3.51. The van der Waals surface area contributed by atoms with Crippen LogP contribution in [0.5, 0.6) is 5.75 Å². The summed E-state index contributed by atoms with van der Waals surface area (Å²) in [7, 11) is 0. The molecule has 0 saturated carbocycles. The largest absolute Gasteiger partial charge is 0.489 e. The lowest BCUT2D eigenvalue weighted by molar-refractivity contribution is 0.334. The average Bonchev–Trinajstić information content (AvgIpc) is 2.37. The topological polar surface area (TPSA) is 21.3 Å². The van der Waals surface area contributed by atoms with Gasteiger partial charge in [-0.15, -0.1) is 0 Å². The van der Waals surface area contributed by atoms with E-state index < -0.39 is 0 Å². The molecule has 0 aliphatic carbocycles. The average molecular weight is 259 g/mol. The van der Waals surface area contributed by atoms with E-state index in [1.807, 2.05) is 0 Å². The summed E-state index contributed by atoms with van der Waals surface area (Å²) < 4.78 is 6.06. The molecule has 2 heteroatoms. The molecule has 1 aliphatic rings. The molecule has 0 spiro atoms. The maximum Gasteiger partial charge on any atom is 0.123 e. The smallest absolute Gasteiger partial charge is 0.123 e. The van der Waals surface area contributed by atoms with Crippen molar-refractivity contribution in [3.63, 3.8) is 0 Å². The van der Waals surface area contributed by atoms with Gasteiger partial charge < -0.3 is 10.1 Å². The summed E-state index contributed by atoms with van der Waals surface area (Å²) in [5, 5.41) is 3.32. The molecule has 0 unspecified atom stereocenters. The van der Waals surface area contributed by atoms with Crippen LogP contribution in [0.2, 0.25) is 0 Å². The lowest BCUT2D eigenvalue weighted by Crippen LogP contribution is -2.23. The molecule has 1 aromatic carbocycles. The number of hydrogen-bond donors (Lipinski definition) is 1. The molecule has 2 nitrogen and oxygen atoms in total. The highest BCUT2D eigenvalue weighted by Gasteiger charge is 2.19. The van der Waals surface area contributed by atoms with Crippen LogP contribution in [0.1, 0.15) is 38.3 Å². The highest BCUT2D eigenvalue weighted by molar-refractivity contribution is 5.41. The van der Waals surface area contributed by atoms with Gasteiger partial charge in [0.15, 0.2) is 0 Å². The lowest BCUT2D eigenvalue weighted by atomic mass is 9.85. The van der Waals surface area contributed by atoms with Gasteiger partial charge in [-0.1, -0.05) is 44.5 Å². The van der Waals surface area contributed by atoms with Crippen LogP contribution in [0.4, 0.5) is 0 Å². The van der Waals surface area contributed by atoms with Crippen molar-refractivity contribution < 1.29 is 4.74 Å². The molecule has 0 radical (unpaired) electrons. The molecule has 0 aromatic heterocycles. The van der Waals surface area contributed by atoms with Crippen LogP contribution < -0.4 is 10.1 Å². The van der Waals surface area contributed by atoms with E-state index in [0.29, 0.717) is 6.61 Å². The lowest BCUT2D eigenvalue weighted by Gasteiger charge is -2.24. The maximum atomic E-state index is 6.06. The molecular formula is C17H25NO. The Balaban J connectivity index is 2.13. The number of rotatable bonds is 3. The summed E-state index contributed by atoms with van der Waals surface area (Å²) in [6, 6.07) is 6.48. The Morgan fingerprint density at radius 2 is 2.05 bits per heavy atom. The Bertz CT molecular complexity index is 469. The first-order valence-corrected chi connectivity index (χ1v) is 7.09. The molecular weight excluding hydrogens is 234 g/mol. The number of benzene rings is 1. The van der Waals surface area contributed by atoms with Gasteiger partial charge in [-0.2, -0.15) is 0 Å². The summed E-state index contributed by atoms with van der Waals surface area (Å²) >= 11 is 0. The summed E-state index contributed by atoms with van der Waals surface area (Å²) in [6.45, 7) is 11.6. The number of hydrogen-bond acceptors (Lipinski definition) is 2. The Hall–Kier alpha value is -1.28. The Morgan fingerprint density at radius 3 is 2.68 bits per heavy atom. The van der Waals surface area contributed by atoms with Gasteiger partial charge in [-0.05, 0) is 42.5 Å². The third-order valence-electron chi connectivity index (χ3n) is 3.51. The first kappa shape index (κ1) is 14.1. The van der Waals surface area contributed by atoms with Crippen LogP contribution in [0.15, 0.2) is 29.8 Å². The molecule has 0 bridgehead atoms. The Morgan fingerprint density at radius 1 is 1.26 bits per heavy atom. The Kier molecular flexibility index (Phi) is 4.31. The van der Waals surface area contributed by atoms with Crippen molar-refractivity contribution in [3.05, 3.63) is 41.0 Å². The zero-order valence-corrected chi connectivity index (χ0v) is 12.5. The van der Waals surface area contributed by atoms with Crippen molar-refractivity contribution in [2.45, 2.75) is 39.5 Å². The summed E-state index contributed by atoms with van der Waals surface area (Å²) in [6.07, 6.45) is 3.34. The minimum absolute atomic E-state index is 0.115. The fraction of sp³-hybridized carbons (Fsp3) is 0.529. The van der Waals surface area contributed by atoms with Crippen molar-refractivity contribution in [2.24, 2.45) is 0 Å². The third kappa shape index (κ3) is 3.84. The van der Waals surface area contributed by atoms with Gasteiger partial charge in [0.05, 0.1) is 0 Å². The van der Waals surface area contributed by atoms with Crippen molar-refractivity contribution in [2.75, 3.05) is 19.7 Å². The second-order valence-corrected chi connectivity index (χ2v) is 6.35. The standard InChI is InChI=1S/C17H25NO/c1-13-5-6-16(15(11-13)17(2,3)4)19-12-14-7-9-18-10-8-14/h5-7,11,18H,8-10,12H2,1-4H3. The van der Waals surface area contributed by atoms with Crippen LogP contribution >= 0.6 is 0 Å². The second-order valence-electron chi connectivity index (χ2n) is 6.35. The minimum Gasteiger partial charge on any atom is -0.489 e. The van der Waals surface area contributed by atoms with Gasteiger partial charge in [0.1, 0.15) is 12.4 Å². The fourth-order valence-electron chi connectivity index (χ4n) is 2.33. The quantitative estimate of drug-likeness (QED) is 0.838. The zero-order chi connectivity index (χ0) is 13.9. The second kappa shape index (κ2) is 5.79. The molecule has 0 amide bonds. The number of aryl methyl sites for hydroxylation is 1. The van der Waals surface area contributed by atoms with E-state index >= 15 is 0 Å². The van der Waals surface area contributed by atoms with Gasteiger partial charge in [-0.25, -0.2) is 0 Å². The van der Waals surface area contributed by atoms with E-state index in [-0.39, 0.29) is 5.41 Å². The summed E-state index contributed by atoms with van der Waals surface area (Å²) in [5.41, 5.74) is 4.10. The molecule has 1 heterocycles. The predicted octanol–water partition coefficient (Wildman–Crippen LogP) is 3.59. The normalized spacial score (nSPS) is 16.1. The van der Waals surface area contributed by atoms with E-state index in [4.69, 9.17) is 4.74 Å². The van der Waals surface area contributed by atoms with E-state index in [1.165, 1.54) is 16.7 Å². The number of ether oxygens (including phenoxy) is 1. The molecule has 2 rings (SSSR count). The molecule has 0 saturated heterocycles. The van der Waals surface area contributed by atoms with E-state index in [0.717, 1.165) is 25.3 Å².